The molecule has 0 atom stereocenters. The number of unbranched alkanes of at least 4 members (excludes halogenated alkanes) is 1. The molecule has 19 heavy (non-hydrogen) atoms. The Morgan fingerprint density at radius 1 is 1.42 bits per heavy atom. The SMILES string of the molecule is CC(C)(CCCCNc1cccc(F)c1)/C(N)=N/O. The summed E-state index contributed by atoms with van der Waals surface area (Å²) in [5.41, 5.74) is 6.11. The van der Waals surface area contributed by atoms with Crippen LogP contribution in [-0.4, -0.2) is 17.6 Å². The molecule has 0 radical (unpaired) electrons. The van der Waals surface area contributed by atoms with Crippen molar-refractivity contribution >= 4 is 11.5 Å². The fourth-order valence-electron chi connectivity index (χ4n) is 1.79. The van der Waals surface area contributed by atoms with E-state index >= 15 is 0 Å². The lowest BCUT2D eigenvalue weighted by molar-refractivity contribution is 0.304. The summed E-state index contributed by atoms with van der Waals surface area (Å²) in [6.07, 6.45) is 2.73. The minimum absolute atomic E-state index is 0.238. The van der Waals surface area contributed by atoms with Crippen molar-refractivity contribution in [2.24, 2.45) is 16.3 Å². The maximum absolute atomic E-state index is 12.9. The molecule has 0 fully saturated rings. The average Bonchev–Trinajstić information content (AvgIpc) is 2.37. The molecule has 1 aromatic carbocycles. The van der Waals surface area contributed by atoms with E-state index in [2.05, 4.69) is 10.5 Å². The Morgan fingerprint density at radius 2 is 2.16 bits per heavy atom. The number of amidine groups is 1. The summed E-state index contributed by atoms with van der Waals surface area (Å²) < 4.78 is 12.9. The van der Waals surface area contributed by atoms with Gasteiger partial charge in [0.15, 0.2) is 0 Å². The van der Waals surface area contributed by atoms with E-state index in [0.29, 0.717) is 0 Å². The van der Waals surface area contributed by atoms with Gasteiger partial charge in [0.2, 0.25) is 0 Å². The van der Waals surface area contributed by atoms with E-state index in [4.69, 9.17) is 10.9 Å². The van der Waals surface area contributed by atoms with Gasteiger partial charge in [-0.2, -0.15) is 0 Å². The van der Waals surface area contributed by atoms with Crippen LogP contribution in [-0.2, 0) is 0 Å². The quantitative estimate of drug-likeness (QED) is 0.234. The first-order valence-corrected chi connectivity index (χ1v) is 6.43. The van der Waals surface area contributed by atoms with Crippen molar-refractivity contribution in [2.45, 2.75) is 33.1 Å². The molecule has 4 nitrogen and oxygen atoms in total. The first kappa shape index (κ1) is 15.3. The highest BCUT2D eigenvalue weighted by Crippen LogP contribution is 2.23. The highest BCUT2D eigenvalue weighted by Gasteiger charge is 2.22. The van der Waals surface area contributed by atoms with Gasteiger partial charge in [-0.1, -0.05) is 31.5 Å². The Morgan fingerprint density at radius 3 is 2.79 bits per heavy atom. The highest BCUT2D eigenvalue weighted by molar-refractivity contribution is 5.85. The van der Waals surface area contributed by atoms with Crippen LogP contribution < -0.4 is 11.1 Å². The molecule has 0 saturated heterocycles. The topological polar surface area (TPSA) is 70.6 Å². The fourth-order valence-corrected chi connectivity index (χ4v) is 1.79. The van der Waals surface area contributed by atoms with Crippen molar-refractivity contribution in [1.82, 2.24) is 0 Å². The van der Waals surface area contributed by atoms with Crippen LogP contribution in [0.25, 0.3) is 0 Å². The average molecular weight is 267 g/mol. The normalized spacial score (nSPS) is 12.5. The number of nitrogens with one attached hydrogen (secondary N) is 1. The molecule has 0 saturated carbocycles. The molecular formula is C14H22FN3O. The third-order valence-corrected chi connectivity index (χ3v) is 3.18. The summed E-state index contributed by atoms with van der Waals surface area (Å²) in [6, 6.07) is 6.41. The van der Waals surface area contributed by atoms with E-state index < -0.39 is 0 Å². The van der Waals surface area contributed by atoms with Gasteiger partial charge in [-0.15, -0.1) is 0 Å². The van der Waals surface area contributed by atoms with Crippen molar-refractivity contribution < 1.29 is 9.60 Å². The summed E-state index contributed by atoms with van der Waals surface area (Å²) >= 11 is 0. The summed E-state index contributed by atoms with van der Waals surface area (Å²) in [4.78, 5) is 0. The van der Waals surface area contributed by atoms with Crippen LogP contribution >= 0.6 is 0 Å². The number of hydrogen-bond donors (Lipinski definition) is 3. The van der Waals surface area contributed by atoms with Gasteiger partial charge in [0.05, 0.1) is 0 Å². The second kappa shape index (κ2) is 6.97. The van der Waals surface area contributed by atoms with Crippen LogP contribution in [0.3, 0.4) is 0 Å². The Balaban J connectivity index is 2.25. The van der Waals surface area contributed by atoms with Gasteiger partial charge in [0.1, 0.15) is 11.7 Å². The van der Waals surface area contributed by atoms with E-state index in [1.807, 2.05) is 19.9 Å². The van der Waals surface area contributed by atoms with E-state index in [-0.39, 0.29) is 17.1 Å². The maximum atomic E-state index is 12.9. The van der Waals surface area contributed by atoms with Gasteiger partial charge >= 0.3 is 0 Å². The molecule has 0 aliphatic rings. The lowest BCUT2D eigenvalue weighted by Crippen LogP contribution is -2.31. The first-order valence-electron chi connectivity index (χ1n) is 6.43. The van der Waals surface area contributed by atoms with Gasteiger partial charge in [0.25, 0.3) is 0 Å². The second-order valence-electron chi connectivity index (χ2n) is 5.26. The lowest BCUT2D eigenvalue weighted by Gasteiger charge is -2.22. The van der Waals surface area contributed by atoms with Crippen LogP contribution in [0.5, 0.6) is 0 Å². The second-order valence-corrected chi connectivity index (χ2v) is 5.26. The van der Waals surface area contributed by atoms with E-state index in [1.165, 1.54) is 12.1 Å². The maximum Gasteiger partial charge on any atom is 0.144 e. The molecular weight excluding hydrogens is 245 g/mol. The number of rotatable bonds is 7. The van der Waals surface area contributed by atoms with Gasteiger partial charge in [-0.3, -0.25) is 0 Å². The predicted octanol–water partition coefficient (Wildman–Crippen LogP) is 3.18. The molecule has 0 spiro atoms. The zero-order chi connectivity index (χ0) is 14.3. The molecule has 0 heterocycles. The standard InChI is InChI=1S/C14H22FN3O/c1-14(2,13(16)18-19)8-3-4-9-17-12-7-5-6-11(15)10-12/h5-7,10,17,19H,3-4,8-9H2,1-2H3,(H2,16,18). The molecule has 0 aliphatic heterocycles. The fraction of sp³-hybridized carbons (Fsp3) is 0.500. The molecule has 1 aromatic rings. The number of halogens is 1. The number of nitrogens with zero attached hydrogens (tertiary/aromatic N) is 1. The van der Waals surface area contributed by atoms with Crippen molar-refractivity contribution in [2.75, 3.05) is 11.9 Å². The Bertz CT molecular complexity index is 432. The van der Waals surface area contributed by atoms with Gasteiger partial charge in [0, 0.05) is 17.6 Å². The zero-order valence-corrected chi connectivity index (χ0v) is 11.5. The van der Waals surface area contributed by atoms with Gasteiger partial charge < -0.3 is 16.3 Å². The van der Waals surface area contributed by atoms with Crippen molar-refractivity contribution in [3.05, 3.63) is 30.1 Å². The summed E-state index contributed by atoms with van der Waals surface area (Å²) in [6.45, 7) is 4.67. The van der Waals surface area contributed by atoms with Gasteiger partial charge in [-0.25, -0.2) is 4.39 Å². The smallest absolute Gasteiger partial charge is 0.144 e. The number of benzene rings is 1. The summed E-state index contributed by atoms with van der Waals surface area (Å²) in [5, 5.41) is 14.9. The molecule has 4 N–H and O–H groups in total. The Hall–Kier alpha value is -1.78. The number of anilines is 1. The third-order valence-electron chi connectivity index (χ3n) is 3.18. The number of hydrogen-bond acceptors (Lipinski definition) is 3. The van der Waals surface area contributed by atoms with Crippen LogP contribution in [0.1, 0.15) is 33.1 Å². The van der Waals surface area contributed by atoms with Gasteiger partial charge in [-0.05, 0) is 31.0 Å². The van der Waals surface area contributed by atoms with E-state index in [1.54, 1.807) is 6.07 Å². The molecule has 0 aliphatic carbocycles. The number of oxime groups is 1. The summed E-state index contributed by atoms with van der Waals surface area (Å²) in [5.74, 6) is 0.0173. The van der Waals surface area contributed by atoms with E-state index in [9.17, 15) is 4.39 Å². The summed E-state index contributed by atoms with van der Waals surface area (Å²) in [7, 11) is 0. The molecule has 0 bridgehead atoms. The molecule has 5 heteroatoms. The molecule has 0 amide bonds. The minimum atomic E-state index is -0.298. The molecule has 0 unspecified atom stereocenters. The van der Waals surface area contributed by atoms with Crippen LogP contribution in [0.15, 0.2) is 29.4 Å². The number of nitrogens with two attached hydrogens (primary N) is 1. The zero-order valence-electron chi connectivity index (χ0n) is 11.5. The highest BCUT2D eigenvalue weighted by atomic mass is 19.1. The van der Waals surface area contributed by atoms with Crippen LogP contribution in [0.4, 0.5) is 10.1 Å². The monoisotopic (exact) mass is 267 g/mol. The third kappa shape index (κ3) is 5.16. The lowest BCUT2D eigenvalue weighted by atomic mass is 9.86. The van der Waals surface area contributed by atoms with Crippen molar-refractivity contribution in [3.8, 4) is 0 Å². The van der Waals surface area contributed by atoms with Crippen molar-refractivity contribution in [3.63, 3.8) is 0 Å². The Labute approximate surface area is 113 Å². The molecule has 1 rings (SSSR count). The van der Waals surface area contributed by atoms with E-state index in [0.717, 1.165) is 31.5 Å². The predicted molar refractivity (Wildman–Crippen MR) is 75.9 cm³/mol. The molecule has 106 valence electrons. The van der Waals surface area contributed by atoms with Crippen LogP contribution in [0, 0.1) is 11.2 Å². The first-order chi connectivity index (χ1) is 8.95. The Kier molecular flexibility index (Phi) is 5.60. The minimum Gasteiger partial charge on any atom is -0.409 e. The van der Waals surface area contributed by atoms with Crippen molar-refractivity contribution in [1.29, 1.82) is 0 Å². The van der Waals surface area contributed by atoms with Crippen LogP contribution in [0.2, 0.25) is 0 Å². The molecule has 0 aromatic heterocycles. The largest absolute Gasteiger partial charge is 0.409 e.